The van der Waals surface area contributed by atoms with Crippen LogP contribution in [0.5, 0.6) is 0 Å². The van der Waals surface area contributed by atoms with Crippen molar-refractivity contribution >= 4 is 23.6 Å². The molecule has 2 saturated heterocycles. The van der Waals surface area contributed by atoms with Gasteiger partial charge in [-0.3, -0.25) is 9.59 Å². The van der Waals surface area contributed by atoms with Crippen LogP contribution < -0.4 is 5.32 Å². The summed E-state index contributed by atoms with van der Waals surface area (Å²) in [6.45, 7) is 4.97. The highest BCUT2D eigenvalue weighted by molar-refractivity contribution is 5.90. The van der Waals surface area contributed by atoms with Gasteiger partial charge in [0.15, 0.2) is 0 Å². The number of ether oxygens (including phenoxy) is 1. The fourth-order valence-electron chi connectivity index (χ4n) is 3.85. The fourth-order valence-corrected chi connectivity index (χ4v) is 3.85. The second kappa shape index (κ2) is 9.57. The standard InChI is InChI=1S/C21H29N3O4/c1-2-28-19(25)14-16-7-9-18(10-8-16)22-21(27)24-13-5-6-17(15-24)20(26)23-11-3-4-12-23/h7-10,17H,2-6,11-15H2,1H3,(H,22,27)/t17-/m0/s1. The van der Waals surface area contributed by atoms with E-state index in [0.29, 0.717) is 25.4 Å². The number of amides is 3. The SMILES string of the molecule is CCOC(=O)Cc1ccc(NC(=O)N2CCC[C@H](C(=O)N3CCCC3)C2)cc1. The van der Waals surface area contributed by atoms with Gasteiger partial charge in [0.1, 0.15) is 0 Å². The van der Waals surface area contributed by atoms with E-state index in [1.807, 2.05) is 17.0 Å². The Bertz CT molecular complexity index is 698. The molecule has 7 nitrogen and oxygen atoms in total. The van der Waals surface area contributed by atoms with E-state index in [0.717, 1.165) is 44.3 Å². The van der Waals surface area contributed by atoms with Crippen LogP contribution in [0, 0.1) is 5.92 Å². The Hall–Kier alpha value is -2.57. The van der Waals surface area contributed by atoms with Crippen molar-refractivity contribution in [2.75, 3.05) is 38.1 Å². The molecule has 1 N–H and O–H groups in total. The molecule has 2 fully saturated rings. The van der Waals surface area contributed by atoms with Crippen molar-refractivity contribution in [1.82, 2.24) is 9.80 Å². The summed E-state index contributed by atoms with van der Waals surface area (Å²) in [6.07, 6.45) is 4.07. The summed E-state index contributed by atoms with van der Waals surface area (Å²) in [6, 6.07) is 6.99. The van der Waals surface area contributed by atoms with Gasteiger partial charge in [-0.05, 0) is 50.3 Å². The summed E-state index contributed by atoms with van der Waals surface area (Å²) in [5.41, 5.74) is 1.51. The number of nitrogens with zero attached hydrogens (tertiary/aromatic N) is 2. The van der Waals surface area contributed by atoms with E-state index in [1.54, 1.807) is 24.0 Å². The van der Waals surface area contributed by atoms with Crippen LogP contribution in [0.15, 0.2) is 24.3 Å². The summed E-state index contributed by atoms with van der Waals surface area (Å²) in [5.74, 6) is -0.163. The molecule has 0 radical (unpaired) electrons. The molecule has 0 aliphatic carbocycles. The predicted octanol–water partition coefficient (Wildman–Crippen LogP) is 2.66. The minimum absolute atomic E-state index is 0.0930. The van der Waals surface area contributed by atoms with Crippen molar-refractivity contribution in [3.63, 3.8) is 0 Å². The number of nitrogens with one attached hydrogen (secondary N) is 1. The fraction of sp³-hybridized carbons (Fsp3) is 0.571. The molecule has 0 saturated carbocycles. The van der Waals surface area contributed by atoms with Gasteiger partial charge in [-0.1, -0.05) is 12.1 Å². The highest BCUT2D eigenvalue weighted by atomic mass is 16.5. The van der Waals surface area contributed by atoms with Gasteiger partial charge in [0, 0.05) is 31.9 Å². The Balaban J connectivity index is 1.52. The second-order valence-corrected chi connectivity index (χ2v) is 7.43. The largest absolute Gasteiger partial charge is 0.466 e. The van der Waals surface area contributed by atoms with Crippen LogP contribution >= 0.6 is 0 Å². The third-order valence-electron chi connectivity index (χ3n) is 5.33. The first-order valence-corrected chi connectivity index (χ1v) is 10.2. The van der Waals surface area contributed by atoms with Crippen LogP contribution in [0.3, 0.4) is 0 Å². The molecule has 7 heteroatoms. The number of esters is 1. The number of anilines is 1. The van der Waals surface area contributed by atoms with Crippen molar-refractivity contribution < 1.29 is 19.1 Å². The molecule has 0 bridgehead atoms. The molecule has 2 aliphatic rings. The number of urea groups is 1. The van der Waals surface area contributed by atoms with Crippen molar-refractivity contribution in [2.24, 2.45) is 5.92 Å². The monoisotopic (exact) mass is 387 g/mol. The Labute approximate surface area is 166 Å². The summed E-state index contributed by atoms with van der Waals surface area (Å²) >= 11 is 0. The first kappa shape index (κ1) is 20.2. The molecule has 28 heavy (non-hydrogen) atoms. The number of carbonyl (C=O) groups is 3. The van der Waals surface area contributed by atoms with Gasteiger partial charge in [0.05, 0.1) is 18.9 Å². The maximum absolute atomic E-state index is 12.6. The first-order chi connectivity index (χ1) is 13.6. The van der Waals surface area contributed by atoms with E-state index in [9.17, 15) is 14.4 Å². The second-order valence-electron chi connectivity index (χ2n) is 7.43. The van der Waals surface area contributed by atoms with Gasteiger partial charge in [-0.25, -0.2) is 4.79 Å². The third kappa shape index (κ3) is 5.24. The van der Waals surface area contributed by atoms with E-state index >= 15 is 0 Å². The maximum atomic E-state index is 12.6. The summed E-state index contributed by atoms with van der Waals surface area (Å²) in [5, 5.41) is 2.89. The van der Waals surface area contributed by atoms with Crippen LogP contribution in [-0.4, -0.2) is 60.5 Å². The molecule has 1 atom stereocenters. The third-order valence-corrected chi connectivity index (χ3v) is 5.33. The molecule has 152 valence electrons. The number of likely N-dealkylation sites (tertiary alicyclic amines) is 2. The minimum atomic E-state index is -0.263. The van der Waals surface area contributed by atoms with E-state index in [-0.39, 0.29) is 30.2 Å². The van der Waals surface area contributed by atoms with Crippen LogP contribution in [0.25, 0.3) is 0 Å². The van der Waals surface area contributed by atoms with Gasteiger partial charge >= 0.3 is 12.0 Å². The molecule has 2 aliphatic heterocycles. The highest BCUT2D eigenvalue weighted by Gasteiger charge is 2.32. The first-order valence-electron chi connectivity index (χ1n) is 10.2. The summed E-state index contributed by atoms with van der Waals surface area (Å²) in [4.78, 5) is 40.5. The van der Waals surface area contributed by atoms with Gasteiger partial charge in [-0.15, -0.1) is 0 Å². The van der Waals surface area contributed by atoms with Crippen LogP contribution in [0.1, 0.15) is 38.2 Å². The lowest BCUT2D eigenvalue weighted by atomic mass is 9.97. The smallest absolute Gasteiger partial charge is 0.321 e. The van der Waals surface area contributed by atoms with E-state index in [2.05, 4.69) is 5.32 Å². The molecule has 1 aromatic rings. The van der Waals surface area contributed by atoms with Gasteiger partial charge in [0.25, 0.3) is 0 Å². The molecule has 3 rings (SSSR count). The van der Waals surface area contributed by atoms with Gasteiger partial charge < -0.3 is 19.9 Å². The topological polar surface area (TPSA) is 79.0 Å². The van der Waals surface area contributed by atoms with E-state index in [1.165, 1.54) is 0 Å². The van der Waals surface area contributed by atoms with Crippen LogP contribution in [-0.2, 0) is 20.7 Å². The van der Waals surface area contributed by atoms with Gasteiger partial charge in [0.2, 0.25) is 5.91 Å². The average Bonchev–Trinajstić information content (AvgIpc) is 3.24. The lowest BCUT2D eigenvalue weighted by molar-refractivity contribution is -0.142. The minimum Gasteiger partial charge on any atom is -0.466 e. The van der Waals surface area contributed by atoms with Crippen molar-refractivity contribution in [3.05, 3.63) is 29.8 Å². The zero-order valence-electron chi connectivity index (χ0n) is 16.5. The number of rotatable bonds is 5. The highest BCUT2D eigenvalue weighted by Crippen LogP contribution is 2.22. The number of carbonyl (C=O) groups excluding carboxylic acids is 3. The Morgan fingerprint density at radius 2 is 1.71 bits per heavy atom. The molecule has 2 heterocycles. The molecule has 0 aromatic heterocycles. The predicted molar refractivity (Wildman–Crippen MR) is 106 cm³/mol. The van der Waals surface area contributed by atoms with Crippen molar-refractivity contribution in [1.29, 1.82) is 0 Å². The summed E-state index contributed by atoms with van der Waals surface area (Å²) in [7, 11) is 0. The lowest BCUT2D eigenvalue weighted by Gasteiger charge is -2.33. The van der Waals surface area contributed by atoms with Crippen molar-refractivity contribution in [2.45, 2.75) is 39.0 Å². The number of hydrogen-bond donors (Lipinski definition) is 1. The molecule has 1 aromatic carbocycles. The molecule has 3 amide bonds. The Morgan fingerprint density at radius 3 is 2.39 bits per heavy atom. The van der Waals surface area contributed by atoms with Crippen LogP contribution in [0.4, 0.5) is 10.5 Å². The molecule has 0 spiro atoms. The number of hydrogen-bond acceptors (Lipinski definition) is 4. The van der Waals surface area contributed by atoms with E-state index in [4.69, 9.17) is 4.74 Å². The lowest BCUT2D eigenvalue weighted by Crippen LogP contribution is -2.47. The van der Waals surface area contributed by atoms with E-state index < -0.39 is 0 Å². The zero-order chi connectivity index (χ0) is 19.9. The maximum Gasteiger partial charge on any atom is 0.321 e. The van der Waals surface area contributed by atoms with Crippen molar-refractivity contribution in [3.8, 4) is 0 Å². The molecule has 0 unspecified atom stereocenters. The Morgan fingerprint density at radius 1 is 1.04 bits per heavy atom. The number of benzene rings is 1. The Kier molecular flexibility index (Phi) is 6.90. The zero-order valence-corrected chi connectivity index (χ0v) is 16.5. The quantitative estimate of drug-likeness (QED) is 0.788. The number of piperidine rings is 1. The normalized spacial score (nSPS) is 19.4. The molecular weight excluding hydrogens is 358 g/mol. The summed E-state index contributed by atoms with van der Waals surface area (Å²) < 4.78 is 4.94. The van der Waals surface area contributed by atoms with Crippen LogP contribution in [0.2, 0.25) is 0 Å². The average molecular weight is 387 g/mol. The molecular formula is C21H29N3O4. The van der Waals surface area contributed by atoms with Gasteiger partial charge in [-0.2, -0.15) is 0 Å².